The van der Waals surface area contributed by atoms with E-state index in [0.717, 1.165) is 5.56 Å². The topological polar surface area (TPSA) is 92.7 Å². The van der Waals surface area contributed by atoms with Gasteiger partial charge in [0.25, 0.3) is 0 Å². The van der Waals surface area contributed by atoms with Crippen molar-refractivity contribution in [2.45, 2.75) is 25.8 Å². The van der Waals surface area contributed by atoms with Crippen LogP contribution in [0.1, 0.15) is 28.4 Å². The maximum atomic E-state index is 12.4. The monoisotopic (exact) mass is 355 g/mol. The Morgan fingerprint density at radius 3 is 2.38 bits per heavy atom. The van der Waals surface area contributed by atoms with E-state index in [1.807, 2.05) is 30.3 Å². The van der Waals surface area contributed by atoms with Crippen molar-refractivity contribution in [2.24, 2.45) is 0 Å². The average Bonchev–Trinajstić information content (AvgIpc) is 2.61. The number of hydrogen-bond donors (Lipinski definition) is 2. The van der Waals surface area contributed by atoms with Gasteiger partial charge in [-0.1, -0.05) is 30.3 Å². The van der Waals surface area contributed by atoms with Gasteiger partial charge in [-0.15, -0.1) is 0 Å². The van der Waals surface area contributed by atoms with Crippen LogP contribution in [0.5, 0.6) is 5.75 Å². The minimum absolute atomic E-state index is 0.0805. The second-order valence-corrected chi connectivity index (χ2v) is 5.91. The Hall–Kier alpha value is -3.15. The third-order valence-electron chi connectivity index (χ3n) is 3.95. The molecule has 0 radical (unpaired) electrons. The van der Waals surface area contributed by atoms with Crippen LogP contribution in [0.15, 0.2) is 48.5 Å². The largest absolute Gasteiger partial charge is 0.496 e. The Bertz CT molecular complexity index is 801. The lowest BCUT2D eigenvalue weighted by Crippen LogP contribution is -2.43. The number of methoxy groups -OCH3 is 1. The zero-order valence-corrected chi connectivity index (χ0v) is 14.7. The highest BCUT2D eigenvalue weighted by atomic mass is 16.5. The number of ether oxygens (including phenoxy) is 1. The van der Waals surface area contributed by atoms with Crippen LogP contribution < -0.4 is 10.1 Å². The summed E-state index contributed by atoms with van der Waals surface area (Å²) in [5, 5.41) is 11.9. The lowest BCUT2D eigenvalue weighted by atomic mass is 10.0. The first-order chi connectivity index (χ1) is 12.4. The van der Waals surface area contributed by atoms with Gasteiger partial charge < -0.3 is 15.2 Å². The number of amides is 1. The molecule has 2 aromatic carbocycles. The maximum absolute atomic E-state index is 12.4. The summed E-state index contributed by atoms with van der Waals surface area (Å²) < 4.78 is 5.22. The fourth-order valence-electron chi connectivity index (χ4n) is 2.60. The first-order valence-electron chi connectivity index (χ1n) is 8.14. The molecular formula is C20H21NO5. The third-order valence-corrected chi connectivity index (χ3v) is 3.95. The Balaban J connectivity index is 2.11. The van der Waals surface area contributed by atoms with Crippen LogP contribution in [0, 0.1) is 0 Å². The highest BCUT2D eigenvalue weighted by Crippen LogP contribution is 2.21. The number of nitrogens with one attached hydrogen (secondary N) is 1. The first-order valence-corrected chi connectivity index (χ1v) is 8.14. The molecule has 2 aromatic rings. The van der Waals surface area contributed by atoms with Crippen molar-refractivity contribution in [3.05, 3.63) is 65.2 Å². The molecule has 0 heterocycles. The van der Waals surface area contributed by atoms with Crippen LogP contribution in [0.3, 0.4) is 0 Å². The van der Waals surface area contributed by atoms with Gasteiger partial charge in [-0.3, -0.25) is 9.59 Å². The van der Waals surface area contributed by atoms with Crippen molar-refractivity contribution in [2.75, 3.05) is 7.11 Å². The second-order valence-electron chi connectivity index (χ2n) is 5.91. The summed E-state index contributed by atoms with van der Waals surface area (Å²) in [6.07, 6.45) is 0.107. The molecule has 0 spiro atoms. The summed E-state index contributed by atoms with van der Waals surface area (Å²) in [5.41, 5.74) is 1.81. The SMILES string of the molecule is COc1ccc(C(C)=O)cc1CC(=O)N[C@H](Cc1ccccc1)C(=O)O. The molecule has 6 nitrogen and oxygen atoms in total. The lowest BCUT2D eigenvalue weighted by Gasteiger charge is -2.16. The van der Waals surface area contributed by atoms with Crippen LogP contribution >= 0.6 is 0 Å². The summed E-state index contributed by atoms with van der Waals surface area (Å²) >= 11 is 0. The van der Waals surface area contributed by atoms with Crippen molar-refractivity contribution in [1.82, 2.24) is 5.32 Å². The molecule has 2 N–H and O–H groups in total. The third kappa shape index (κ3) is 5.17. The zero-order valence-electron chi connectivity index (χ0n) is 14.7. The molecule has 136 valence electrons. The number of carboxylic acids is 1. The molecule has 1 atom stereocenters. The van der Waals surface area contributed by atoms with Crippen molar-refractivity contribution < 1.29 is 24.2 Å². The summed E-state index contributed by atoms with van der Waals surface area (Å²) in [5.74, 6) is -1.21. The molecule has 0 fully saturated rings. The van der Waals surface area contributed by atoms with E-state index in [-0.39, 0.29) is 18.6 Å². The normalized spacial score (nSPS) is 11.5. The van der Waals surface area contributed by atoms with Gasteiger partial charge in [0.15, 0.2) is 5.78 Å². The molecule has 0 saturated carbocycles. The Morgan fingerprint density at radius 1 is 1.12 bits per heavy atom. The summed E-state index contributed by atoms with van der Waals surface area (Å²) in [6, 6.07) is 12.9. The maximum Gasteiger partial charge on any atom is 0.326 e. The molecule has 6 heteroatoms. The van der Waals surface area contributed by atoms with E-state index in [0.29, 0.717) is 16.9 Å². The second kappa shape index (κ2) is 8.80. The summed E-state index contributed by atoms with van der Waals surface area (Å²) in [4.78, 5) is 35.4. The Kier molecular flexibility index (Phi) is 6.49. The van der Waals surface area contributed by atoms with E-state index >= 15 is 0 Å². The number of aliphatic carboxylic acids is 1. The molecule has 0 saturated heterocycles. The first kappa shape index (κ1) is 19.2. The number of carbonyl (C=O) groups excluding carboxylic acids is 2. The number of ketones is 1. The molecule has 2 rings (SSSR count). The molecule has 0 aliphatic heterocycles. The van der Waals surface area contributed by atoms with Crippen LogP contribution in [-0.4, -0.2) is 35.9 Å². The van der Waals surface area contributed by atoms with Gasteiger partial charge in [0.1, 0.15) is 11.8 Å². The van der Waals surface area contributed by atoms with Crippen LogP contribution in [0.2, 0.25) is 0 Å². The highest BCUT2D eigenvalue weighted by molar-refractivity contribution is 5.95. The van der Waals surface area contributed by atoms with E-state index in [2.05, 4.69) is 5.32 Å². The van der Waals surface area contributed by atoms with E-state index in [9.17, 15) is 19.5 Å². The minimum Gasteiger partial charge on any atom is -0.496 e. The molecule has 0 aliphatic rings. The standard InChI is InChI=1S/C20H21NO5/c1-13(22)15-8-9-18(26-2)16(11-15)12-19(23)21-17(20(24)25)10-14-6-4-3-5-7-14/h3-9,11,17H,10,12H2,1-2H3,(H,21,23)(H,24,25)/t17-/m1/s1. The van der Waals surface area contributed by atoms with Gasteiger partial charge in [-0.2, -0.15) is 0 Å². The van der Waals surface area contributed by atoms with Gasteiger partial charge in [0.05, 0.1) is 13.5 Å². The van der Waals surface area contributed by atoms with Crippen molar-refractivity contribution in [3.63, 3.8) is 0 Å². The number of benzene rings is 2. The Labute approximate surface area is 151 Å². The number of Topliss-reactive ketones (excluding diaryl/α,β-unsaturated/α-hetero) is 1. The van der Waals surface area contributed by atoms with Crippen LogP contribution in [-0.2, 0) is 22.4 Å². The zero-order chi connectivity index (χ0) is 19.1. The summed E-state index contributed by atoms with van der Waals surface area (Å²) in [6.45, 7) is 1.44. The number of carboxylic acid groups (broad SMARTS) is 1. The number of rotatable bonds is 8. The van der Waals surface area contributed by atoms with E-state index in [1.165, 1.54) is 14.0 Å². The Morgan fingerprint density at radius 2 is 1.81 bits per heavy atom. The van der Waals surface area contributed by atoms with Crippen molar-refractivity contribution in [1.29, 1.82) is 0 Å². The fourth-order valence-corrected chi connectivity index (χ4v) is 2.60. The van der Waals surface area contributed by atoms with Crippen molar-refractivity contribution >= 4 is 17.7 Å². The molecule has 0 aromatic heterocycles. The van der Waals surface area contributed by atoms with Crippen LogP contribution in [0.4, 0.5) is 0 Å². The van der Waals surface area contributed by atoms with Crippen LogP contribution in [0.25, 0.3) is 0 Å². The predicted octanol–water partition coefficient (Wildman–Crippen LogP) is 2.25. The number of hydrogen-bond acceptors (Lipinski definition) is 4. The van der Waals surface area contributed by atoms with Gasteiger partial charge in [-0.05, 0) is 30.7 Å². The molecule has 1 amide bonds. The smallest absolute Gasteiger partial charge is 0.326 e. The highest BCUT2D eigenvalue weighted by Gasteiger charge is 2.21. The van der Waals surface area contributed by atoms with Gasteiger partial charge in [-0.25, -0.2) is 4.79 Å². The minimum atomic E-state index is -1.10. The quantitative estimate of drug-likeness (QED) is 0.709. The van der Waals surface area contributed by atoms with Gasteiger partial charge in [0.2, 0.25) is 5.91 Å². The summed E-state index contributed by atoms with van der Waals surface area (Å²) in [7, 11) is 1.47. The van der Waals surface area contributed by atoms with E-state index < -0.39 is 17.9 Å². The molecule has 0 aliphatic carbocycles. The molecular weight excluding hydrogens is 334 g/mol. The van der Waals surface area contributed by atoms with E-state index in [1.54, 1.807) is 18.2 Å². The molecule has 26 heavy (non-hydrogen) atoms. The fraction of sp³-hybridized carbons (Fsp3) is 0.250. The van der Waals surface area contributed by atoms with Crippen molar-refractivity contribution in [3.8, 4) is 5.75 Å². The van der Waals surface area contributed by atoms with E-state index in [4.69, 9.17) is 4.74 Å². The van der Waals surface area contributed by atoms with Gasteiger partial charge in [0, 0.05) is 17.5 Å². The molecule has 0 bridgehead atoms. The lowest BCUT2D eigenvalue weighted by molar-refractivity contribution is -0.141. The molecule has 0 unspecified atom stereocenters. The average molecular weight is 355 g/mol. The number of carbonyl (C=O) groups is 3. The van der Waals surface area contributed by atoms with Gasteiger partial charge >= 0.3 is 5.97 Å². The predicted molar refractivity (Wildman–Crippen MR) is 96.4 cm³/mol.